The minimum atomic E-state index is 0. The third-order valence-electron chi connectivity index (χ3n) is 0.623. The Morgan fingerprint density at radius 3 is 1.22 bits per heavy atom. The summed E-state index contributed by atoms with van der Waals surface area (Å²) in [6.45, 7) is 1.94. The summed E-state index contributed by atoms with van der Waals surface area (Å²) < 4.78 is 0. The Morgan fingerprint density at radius 2 is 1.22 bits per heavy atom. The van der Waals surface area contributed by atoms with Crippen LogP contribution >= 0.6 is 0 Å². The minimum absolute atomic E-state index is 0. The van der Waals surface area contributed by atoms with Crippen LogP contribution in [0.1, 0.15) is 6.92 Å². The van der Waals surface area contributed by atoms with Gasteiger partial charge >= 0.3 is 0 Å². The predicted molar refractivity (Wildman–Crippen MR) is 23.3 cm³/mol. The molecule has 3 radical (unpaired) electrons. The van der Waals surface area contributed by atoms with Gasteiger partial charge < -0.3 is 10.2 Å². The Bertz CT molecular complexity index is 33.0. The van der Waals surface area contributed by atoms with Crippen molar-refractivity contribution in [2.24, 2.45) is 5.92 Å². The van der Waals surface area contributed by atoms with E-state index in [1.807, 2.05) is 0 Å². The molecule has 9 heavy (non-hydrogen) atoms. The van der Waals surface area contributed by atoms with Gasteiger partial charge in [0.2, 0.25) is 0 Å². The third-order valence-corrected chi connectivity index (χ3v) is 0.623. The van der Waals surface area contributed by atoms with Crippen molar-refractivity contribution in [2.75, 3.05) is 13.2 Å². The van der Waals surface area contributed by atoms with Crippen LogP contribution in [0, 0.1) is 5.92 Å². The van der Waals surface area contributed by atoms with Crippen molar-refractivity contribution in [3.05, 3.63) is 0 Å². The van der Waals surface area contributed by atoms with E-state index in [1.165, 1.54) is 0 Å². The van der Waals surface area contributed by atoms with Gasteiger partial charge in [-0.15, -0.1) is 0 Å². The molecule has 0 atom stereocenters. The molecule has 0 amide bonds. The Kier molecular flexibility index (Phi) is 43.9. The summed E-state index contributed by atoms with van der Waals surface area (Å²) in [5.41, 5.74) is 0. The van der Waals surface area contributed by atoms with Crippen molar-refractivity contribution in [1.29, 1.82) is 0 Å². The van der Waals surface area contributed by atoms with Crippen LogP contribution in [0.4, 0.5) is 0 Å². The summed E-state index contributed by atoms with van der Waals surface area (Å²) in [6.07, 6.45) is 0. The standard InChI is InChI=1S/C4H10O2.3Y/c1-4(2-5)3-6;;;/h4-6H,2-3H2,1H3;;;. The fourth-order valence-electron chi connectivity index (χ4n) is 0.0577. The summed E-state index contributed by atoms with van der Waals surface area (Å²) in [4.78, 5) is 0. The molecule has 0 unspecified atom stereocenters. The van der Waals surface area contributed by atoms with E-state index in [1.54, 1.807) is 6.92 Å². The molecule has 5 heteroatoms. The second-order valence-corrected chi connectivity index (χ2v) is 1.47. The molecular formula is C4H10O2Y3. The van der Waals surface area contributed by atoms with Crippen molar-refractivity contribution in [2.45, 2.75) is 6.92 Å². The molecule has 0 fully saturated rings. The average molecular weight is 357 g/mol. The molecule has 0 saturated carbocycles. The van der Waals surface area contributed by atoms with Crippen LogP contribution in [-0.4, -0.2) is 23.4 Å². The van der Waals surface area contributed by atoms with Gasteiger partial charge in [0.05, 0.1) is 0 Å². The summed E-state index contributed by atoms with van der Waals surface area (Å²) in [6, 6.07) is 0. The number of hydrogen-bond donors (Lipinski definition) is 2. The van der Waals surface area contributed by atoms with Crippen LogP contribution in [0.5, 0.6) is 0 Å². The maximum Gasteiger partial charge on any atom is 0.0478 e. The molecule has 2 nitrogen and oxygen atoms in total. The van der Waals surface area contributed by atoms with Crippen LogP contribution in [0.2, 0.25) is 0 Å². The molecule has 2 N–H and O–H groups in total. The molecule has 0 aliphatic carbocycles. The molecule has 0 aliphatic rings. The summed E-state index contributed by atoms with van der Waals surface area (Å²) in [7, 11) is 0. The molecule has 0 aromatic heterocycles. The molecule has 0 heterocycles. The Labute approximate surface area is 132 Å². The maximum absolute atomic E-state index is 8.17. The molecular weight excluding hydrogens is 347 g/mol. The topological polar surface area (TPSA) is 40.5 Å². The van der Waals surface area contributed by atoms with Gasteiger partial charge in [-0.1, -0.05) is 6.92 Å². The van der Waals surface area contributed by atoms with Gasteiger partial charge in [-0.2, -0.15) is 0 Å². The van der Waals surface area contributed by atoms with Crippen molar-refractivity contribution in [1.82, 2.24) is 0 Å². The van der Waals surface area contributed by atoms with Gasteiger partial charge in [-0.05, 0) is 0 Å². The normalized spacial score (nSPS) is 6.67. The molecule has 0 aliphatic heterocycles. The van der Waals surface area contributed by atoms with E-state index in [0.29, 0.717) is 0 Å². The predicted octanol–water partition coefficient (Wildman–Crippen LogP) is -0.400. The van der Waals surface area contributed by atoms with E-state index in [2.05, 4.69) is 0 Å². The average Bonchev–Trinajstić information content (AvgIpc) is 1.65. The van der Waals surface area contributed by atoms with E-state index in [4.69, 9.17) is 10.2 Å². The van der Waals surface area contributed by atoms with E-state index < -0.39 is 0 Å². The number of aliphatic hydroxyl groups is 2. The quantitative estimate of drug-likeness (QED) is 0.707. The van der Waals surface area contributed by atoms with Crippen LogP contribution in [-0.2, 0) is 98.1 Å². The van der Waals surface area contributed by atoms with E-state index in [9.17, 15) is 0 Å². The molecule has 0 rings (SSSR count). The monoisotopic (exact) mass is 357 g/mol. The molecule has 0 spiro atoms. The smallest absolute Gasteiger partial charge is 0.0478 e. The van der Waals surface area contributed by atoms with Gasteiger partial charge in [0.25, 0.3) is 0 Å². The van der Waals surface area contributed by atoms with Crippen LogP contribution in [0.25, 0.3) is 0 Å². The van der Waals surface area contributed by atoms with Gasteiger partial charge in [-0.3, -0.25) is 0 Å². The maximum atomic E-state index is 8.17. The first-order valence-electron chi connectivity index (χ1n) is 2.03. The zero-order valence-electron chi connectivity index (χ0n) is 5.62. The first-order valence-corrected chi connectivity index (χ1v) is 2.03. The van der Waals surface area contributed by atoms with Crippen molar-refractivity contribution < 1.29 is 108 Å². The number of rotatable bonds is 2. The van der Waals surface area contributed by atoms with Crippen LogP contribution in [0.3, 0.4) is 0 Å². The van der Waals surface area contributed by atoms with Crippen molar-refractivity contribution in [3.63, 3.8) is 0 Å². The third kappa shape index (κ3) is 18.3. The van der Waals surface area contributed by atoms with Gasteiger partial charge in [0.1, 0.15) is 0 Å². The largest absolute Gasteiger partial charge is 0.396 e. The number of aliphatic hydroxyl groups excluding tert-OH is 2. The summed E-state index contributed by atoms with van der Waals surface area (Å²) in [5, 5.41) is 16.3. The fraction of sp³-hybridized carbons (Fsp3) is 1.00. The summed E-state index contributed by atoms with van der Waals surface area (Å²) in [5.74, 6) is 0.0463. The zero-order chi connectivity index (χ0) is 4.99. The summed E-state index contributed by atoms with van der Waals surface area (Å²) >= 11 is 0. The van der Waals surface area contributed by atoms with E-state index in [-0.39, 0.29) is 117 Å². The number of hydrogen-bond acceptors (Lipinski definition) is 2. The zero-order valence-corrected chi connectivity index (χ0v) is 14.1. The van der Waals surface area contributed by atoms with Gasteiger partial charge in [0.15, 0.2) is 0 Å². The van der Waals surface area contributed by atoms with Gasteiger partial charge in [0, 0.05) is 117 Å². The first kappa shape index (κ1) is 22.8. The van der Waals surface area contributed by atoms with E-state index in [0.717, 1.165) is 0 Å². The Hall–Kier alpha value is 3.23. The second kappa shape index (κ2) is 17.4. The fourth-order valence-corrected chi connectivity index (χ4v) is 0.0577. The van der Waals surface area contributed by atoms with Gasteiger partial charge in [-0.25, -0.2) is 0 Å². The van der Waals surface area contributed by atoms with Crippen molar-refractivity contribution in [3.8, 4) is 0 Å². The molecule has 0 saturated heterocycles. The molecule has 0 aromatic carbocycles. The molecule has 0 bridgehead atoms. The first-order chi connectivity index (χ1) is 2.81. The SMILES string of the molecule is CC(CO)CO.[Y].[Y].[Y]. The van der Waals surface area contributed by atoms with Crippen LogP contribution < -0.4 is 0 Å². The Morgan fingerprint density at radius 1 is 1.00 bits per heavy atom. The second-order valence-electron chi connectivity index (χ2n) is 1.47. The van der Waals surface area contributed by atoms with Crippen molar-refractivity contribution >= 4 is 0 Å². The van der Waals surface area contributed by atoms with E-state index >= 15 is 0 Å². The van der Waals surface area contributed by atoms with Crippen LogP contribution in [0.15, 0.2) is 0 Å². The Balaban J connectivity index is -0.0000000417. The molecule has 47 valence electrons. The molecule has 0 aromatic rings. The minimum Gasteiger partial charge on any atom is -0.396 e.